The molecule has 8 nitrogen and oxygen atoms in total. The summed E-state index contributed by atoms with van der Waals surface area (Å²) in [7, 11) is 0. The zero-order valence-electron chi connectivity index (χ0n) is 13.1. The van der Waals surface area contributed by atoms with Crippen LogP contribution in [0, 0.1) is 13.8 Å². The van der Waals surface area contributed by atoms with Crippen LogP contribution < -0.4 is 5.69 Å². The summed E-state index contributed by atoms with van der Waals surface area (Å²) in [6.45, 7) is 6.36. The largest absolute Gasteiger partial charge is 0.466 e. The second kappa shape index (κ2) is 6.45. The number of H-pyrrole nitrogens is 1. The van der Waals surface area contributed by atoms with E-state index in [2.05, 4.69) is 20.4 Å². The normalized spacial score (nSPS) is 11.3. The number of nitrogens with one attached hydrogen (secondary N) is 1. The highest BCUT2D eigenvalue weighted by Gasteiger charge is 2.16. The predicted molar refractivity (Wildman–Crippen MR) is 84.2 cm³/mol. The van der Waals surface area contributed by atoms with Crippen LogP contribution in [0.2, 0.25) is 0 Å². The van der Waals surface area contributed by atoms with E-state index in [4.69, 9.17) is 8.83 Å². The van der Waals surface area contributed by atoms with Gasteiger partial charge in [-0.1, -0.05) is 18.7 Å². The minimum atomic E-state index is -0.204. The Bertz CT molecular complexity index is 860. The molecule has 0 bridgehead atoms. The SMILES string of the molecule is CCCn1c(SCc2nnc(-c3cc(C)oc3C)o2)n[nH]c1=O. The number of furan rings is 1. The van der Waals surface area contributed by atoms with Crippen molar-refractivity contribution < 1.29 is 8.83 Å². The third-order valence-electron chi connectivity index (χ3n) is 3.23. The molecule has 0 aromatic carbocycles. The van der Waals surface area contributed by atoms with Crippen LogP contribution in [-0.4, -0.2) is 25.0 Å². The third kappa shape index (κ3) is 3.24. The molecule has 3 heterocycles. The fraction of sp³-hybridized carbons (Fsp3) is 0.429. The van der Waals surface area contributed by atoms with Gasteiger partial charge in [0, 0.05) is 6.54 Å². The Morgan fingerprint density at radius 1 is 1.30 bits per heavy atom. The summed E-state index contributed by atoms with van der Waals surface area (Å²) in [6.07, 6.45) is 0.858. The fourth-order valence-corrected chi connectivity index (χ4v) is 3.03. The number of hydrogen-bond acceptors (Lipinski definition) is 7. The first-order valence-corrected chi connectivity index (χ1v) is 8.24. The minimum absolute atomic E-state index is 0.204. The molecule has 1 N–H and O–H groups in total. The quantitative estimate of drug-likeness (QED) is 0.690. The second-order valence-electron chi connectivity index (χ2n) is 5.08. The van der Waals surface area contributed by atoms with Crippen LogP contribution in [0.3, 0.4) is 0 Å². The third-order valence-corrected chi connectivity index (χ3v) is 4.19. The Hall–Kier alpha value is -2.29. The lowest BCUT2D eigenvalue weighted by atomic mass is 10.2. The molecule has 0 aliphatic carbocycles. The highest BCUT2D eigenvalue weighted by molar-refractivity contribution is 7.98. The van der Waals surface area contributed by atoms with E-state index in [0.717, 1.165) is 23.5 Å². The highest BCUT2D eigenvalue weighted by Crippen LogP contribution is 2.27. The molecule has 3 aromatic rings. The second-order valence-corrected chi connectivity index (χ2v) is 6.02. The van der Waals surface area contributed by atoms with Crippen molar-refractivity contribution in [3.63, 3.8) is 0 Å². The zero-order valence-corrected chi connectivity index (χ0v) is 13.9. The molecule has 9 heteroatoms. The Labute approximate surface area is 136 Å². The van der Waals surface area contributed by atoms with Gasteiger partial charge in [0.2, 0.25) is 5.89 Å². The van der Waals surface area contributed by atoms with Crippen LogP contribution in [0.4, 0.5) is 0 Å². The van der Waals surface area contributed by atoms with Crippen LogP contribution in [-0.2, 0) is 12.3 Å². The number of rotatable bonds is 6. The van der Waals surface area contributed by atoms with Crippen LogP contribution >= 0.6 is 11.8 Å². The lowest BCUT2D eigenvalue weighted by Crippen LogP contribution is -2.17. The zero-order chi connectivity index (χ0) is 16.4. The number of hydrogen-bond donors (Lipinski definition) is 1. The average molecular weight is 335 g/mol. The average Bonchev–Trinajstić information content (AvgIpc) is 3.19. The van der Waals surface area contributed by atoms with E-state index >= 15 is 0 Å². The Morgan fingerprint density at radius 3 is 2.83 bits per heavy atom. The van der Waals surface area contributed by atoms with Gasteiger partial charge < -0.3 is 8.83 Å². The molecule has 3 rings (SSSR count). The molecule has 0 atom stereocenters. The fourth-order valence-electron chi connectivity index (χ4n) is 2.22. The summed E-state index contributed by atoms with van der Waals surface area (Å²) in [5, 5.41) is 15.2. The van der Waals surface area contributed by atoms with Gasteiger partial charge in [-0.05, 0) is 26.3 Å². The Balaban J connectivity index is 1.73. The highest BCUT2D eigenvalue weighted by atomic mass is 32.2. The summed E-state index contributed by atoms with van der Waals surface area (Å²) < 4.78 is 12.7. The van der Waals surface area contributed by atoms with E-state index in [1.54, 1.807) is 4.57 Å². The lowest BCUT2D eigenvalue weighted by molar-refractivity contribution is 0.499. The summed E-state index contributed by atoms with van der Waals surface area (Å²) in [4.78, 5) is 11.6. The molecule has 0 aliphatic rings. The number of nitrogens with zero attached hydrogens (tertiary/aromatic N) is 4. The summed E-state index contributed by atoms with van der Waals surface area (Å²) >= 11 is 1.38. The van der Waals surface area contributed by atoms with Crippen LogP contribution in [0.1, 0.15) is 30.8 Å². The van der Waals surface area contributed by atoms with Crippen molar-refractivity contribution in [3.8, 4) is 11.5 Å². The minimum Gasteiger partial charge on any atom is -0.466 e. The Morgan fingerprint density at radius 2 is 2.13 bits per heavy atom. The van der Waals surface area contributed by atoms with Gasteiger partial charge in [0.05, 0.1) is 11.3 Å². The van der Waals surface area contributed by atoms with Gasteiger partial charge in [0.25, 0.3) is 5.89 Å². The number of aryl methyl sites for hydroxylation is 2. The van der Waals surface area contributed by atoms with Crippen molar-refractivity contribution in [2.24, 2.45) is 0 Å². The van der Waals surface area contributed by atoms with Crippen molar-refractivity contribution in [2.45, 2.75) is 44.6 Å². The maximum Gasteiger partial charge on any atom is 0.343 e. The van der Waals surface area contributed by atoms with Crippen LogP contribution in [0.15, 0.2) is 24.9 Å². The van der Waals surface area contributed by atoms with E-state index in [0.29, 0.717) is 29.2 Å². The van der Waals surface area contributed by atoms with Crippen molar-refractivity contribution in [3.05, 3.63) is 34.0 Å². The van der Waals surface area contributed by atoms with Crippen molar-refractivity contribution in [1.29, 1.82) is 0 Å². The van der Waals surface area contributed by atoms with Crippen LogP contribution in [0.25, 0.3) is 11.5 Å². The van der Waals surface area contributed by atoms with Gasteiger partial charge in [-0.3, -0.25) is 4.57 Å². The van der Waals surface area contributed by atoms with Crippen molar-refractivity contribution in [1.82, 2.24) is 25.0 Å². The summed E-state index contributed by atoms with van der Waals surface area (Å²) in [6, 6.07) is 1.87. The molecule has 0 unspecified atom stereocenters. The first-order chi connectivity index (χ1) is 11.1. The number of aromatic nitrogens is 5. The smallest absolute Gasteiger partial charge is 0.343 e. The predicted octanol–water partition coefficient (Wildman–Crippen LogP) is 2.53. The first kappa shape index (κ1) is 15.6. The molecular formula is C14H17N5O3S. The monoisotopic (exact) mass is 335 g/mol. The standard InChI is InChI=1S/C14H17N5O3S/c1-4-5-19-13(20)17-18-14(19)23-7-11-15-16-12(22-11)10-6-8(2)21-9(10)3/h6H,4-5,7H2,1-3H3,(H,17,20). The molecule has 0 radical (unpaired) electrons. The molecule has 0 saturated carbocycles. The van der Waals surface area contributed by atoms with E-state index < -0.39 is 0 Å². The molecule has 0 spiro atoms. The van der Waals surface area contributed by atoms with Crippen molar-refractivity contribution >= 4 is 11.8 Å². The molecular weight excluding hydrogens is 318 g/mol. The molecule has 3 aromatic heterocycles. The first-order valence-electron chi connectivity index (χ1n) is 7.26. The van der Waals surface area contributed by atoms with Gasteiger partial charge in [-0.25, -0.2) is 9.89 Å². The summed E-state index contributed by atoms with van der Waals surface area (Å²) in [5.74, 6) is 2.89. The van der Waals surface area contributed by atoms with Gasteiger partial charge in [-0.2, -0.15) is 0 Å². The Kier molecular flexibility index (Phi) is 4.37. The molecule has 0 aliphatic heterocycles. The van der Waals surface area contributed by atoms with Crippen molar-refractivity contribution in [2.75, 3.05) is 0 Å². The molecule has 23 heavy (non-hydrogen) atoms. The number of aromatic amines is 1. The van der Waals surface area contributed by atoms with E-state index in [1.165, 1.54) is 11.8 Å². The topological polar surface area (TPSA) is 103 Å². The molecule has 0 amide bonds. The van der Waals surface area contributed by atoms with E-state index in [-0.39, 0.29) is 5.69 Å². The van der Waals surface area contributed by atoms with Gasteiger partial charge in [0.1, 0.15) is 11.5 Å². The van der Waals surface area contributed by atoms with Gasteiger partial charge in [-0.15, -0.1) is 15.3 Å². The molecule has 122 valence electrons. The summed E-state index contributed by atoms with van der Waals surface area (Å²) in [5.41, 5.74) is 0.596. The molecule has 0 fully saturated rings. The van der Waals surface area contributed by atoms with E-state index in [9.17, 15) is 4.79 Å². The van der Waals surface area contributed by atoms with Crippen LogP contribution in [0.5, 0.6) is 0 Å². The lowest BCUT2D eigenvalue weighted by Gasteiger charge is -2.01. The molecule has 0 saturated heterocycles. The van der Waals surface area contributed by atoms with E-state index in [1.807, 2.05) is 26.8 Å². The maximum atomic E-state index is 11.6. The van der Waals surface area contributed by atoms with Gasteiger partial charge in [0.15, 0.2) is 5.16 Å². The maximum absolute atomic E-state index is 11.6. The van der Waals surface area contributed by atoms with Gasteiger partial charge >= 0.3 is 5.69 Å². The number of thioether (sulfide) groups is 1.